The van der Waals surface area contributed by atoms with Crippen molar-refractivity contribution in [2.45, 2.75) is 320 Å². The second-order valence-corrected chi connectivity index (χ2v) is 24.2. The van der Waals surface area contributed by atoms with Gasteiger partial charge < -0.3 is 0 Å². The van der Waals surface area contributed by atoms with Crippen molar-refractivity contribution in [3.05, 3.63) is 41.0 Å². The highest BCUT2D eigenvalue weighted by molar-refractivity contribution is 5.63. The second kappa shape index (κ2) is 46.1. The maximum atomic E-state index is 2.36. The molecule has 0 bridgehead atoms. The predicted molar refractivity (Wildman–Crippen MR) is 319 cm³/mol. The minimum atomic E-state index is 0. The lowest BCUT2D eigenvalue weighted by atomic mass is 9.84. The van der Waals surface area contributed by atoms with Crippen LogP contribution in [0.1, 0.15) is 325 Å². The largest absolute Gasteiger partial charge is 0.0776 e. The Kier molecular flexibility index (Phi) is 51.5. The molecule has 5 fully saturated rings. The maximum Gasteiger partial charge on any atom is -0.00577 e. The first kappa shape index (κ1) is 74.9. The van der Waals surface area contributed by atoms with Crippen molar-refractivity contribution in [3.8, 4) is 0 Å². The first-order valence-electron chi connectivity index (χ1n) is 28.0. The number of hydrogen-bond donors (Lipinski definition) is 0. The summed E-state index contributed by atoms with van der Waals surface area (Å²) < 4.78 is 0. The molecule has 0 heterocycles. The van der Waals surface area contributed by atoms with Gasteiger partial charge in [0.25, 0.3) is 0 Å². The van der Waals surface area contributed by atoms with Gasteiger partial charge in [0, 0.05) is 0 Å². The van der Waals surface area contributed by atoms with Gasteiger partial charge >= 0.3 is 0 Å². The molecule has 6 aliphatic carbocycles. The number of rotatable bonds is 12. The molecule has 5 saturated carbocycles. The molecule has 67 heavy (non-hydrogen) atoms. The van der Waals surface area contributed by atoms with E-state index in [2.05, 4.69) is 113 Å². The summed E-state index contributed by atoms with van der Waals surface area (Å²) in [7, 11) is 0. The smallest absolute Gasteiger partial charge is 0.00577 e. The quantitative estimate of drug-likeness (QED) is 0.196. The molecule has 0 nitrogen and oxygen atoms in total. The Morgan fingerprint density at radius 3 is 0.791 bits per heavy atom. The molecule has 1 aromatic rings. The second-order valence-electron chi connectivity index (χ2n) is 24.2. The van der Waals surface area contributed by atoms with Crippen LogP contribution in [0.25, 0.3) is 6.08 Å². The molecule has 0 unspecified atom stereocenters. The Hall–Kier alpha value is -1.04. The third-order valence-electron chi connectivity index (χ3n) is 14.7. The fourth-order valence-electron chi connectivity index (χ4n) is 12.1. The fourth-order valence-corrected chi connectivity index (χ4v) is 12.1. The molecule has 0 N–H and O–H groups in total. The van der Waals surface area contributed by atoms with Crippen LogP contribution in [0, 0.1) is 65.1 Å². The Bertz CT molecular complexity index is 1070. The zero-order valence-corrected chi connectivity index (χ0v) is 44.0. The topological polar surface area (TPSA) is 0 Å². The van der Waals surface area contributed by atoms with Crippen molar-refractivity contribution < 1.29 is 0 Å². The van der Waals surface area contributed by atoms with Gasteiger partial charge in [-0.2, -0.15) is 0 Å². The van der Waals surface area contributed by atoms with Crippen molar-refractivity contribution in [2.75, 3.05) is 0 Å². The zero-order valence-electron chi connectivity index (χ0n) is 44.0. The first-order valence-corrected chi connectivity index (χ1v) is 28.0. The van der Waals surface area contributed by atoms with Gasteiger partial charge in [-0.25, -0.2) is 0 Å². The summed E-state index contributed by atoms with van der Waals surface area (Å²) in [4.78, 5) is 0. The molecule has 0 radical (unpaired) electrons. The number of benzene rings is 1. The molecule has 0 spiro atoms. The SMILES string of the molecule is C.C.C.C.C.C.CC(C)CC1=Cc2ccccc2C1.CC(C)CC1CCCC1.CC(C)CC1CCCC1.CC(C)CC1CCCCC1.CC(C)CC1CCCCC1.CC(C)CC1CCCCC1. The molecule has 0 saturated heterocycles. The van der Waals surface area contributed by atoms with Crippen LogP contribution in [-0.2, 0) is 6.42 Å². The Morgan fingerprint density at radius 2 is 0.567 bits per heavy atom. The maximum absolute atomic E-state index is 2.36. The molecule has 6 aliphatic rings. The minimum Gasteiger partial charge on any atom is -0.0776 e. The van der Waals surface area contributed by atoms with Crippen LogP contribution >= 0.6 is 0 Å². The molecule has 1 aromatic carbocycles. The van der Waals surface area contributed by atoms with E-state index in [1.165, 1.54) is 204 Å². The standard InChI is InChI=1S/C13H16.3C10H20.2C9H18.6CH4/c1-10(2)7-11-8-12-5-3-4-6-13(12)9-11;3*1-9(2)8-10-6-4-3-5-7-10;2*1-8(2)7-9-5-3-4-6-9;;;;;;/h3-6,8,10H,7,9H2,1-2H3;3*9-10H,3-8H2,1-2H3;2*8-9H,3-7H2,1-2H3;6*1H4. The van der Waals surface area contributed by atoms with Crippen molar-refractivity contribution in [1.29, 1.82) is 0 Å². The molecule has 0 amide bonds. The van der Waals surface area contributed by atoms with Gasteiger partial charge in [-0.15, -0.1) is 0 Å². The highest BCUT2D eigenvalue weighted by Crippen LogP contribution is 2.33. The molecule has 0 atom stereocenters. The molecule has 404 valence electrons. The molecule has 0 heteroatoms. The van der Waals surface area contributed by atoms with Crippen LogP contribution in [0.3, 0.4) is 0 Å². The summed E-state index contributed by atoms with van der Waals surface area (Å²) in [5.41, 5.74) is 4.52. The van der Waals surface area contributed by atoms with E-state index >= 15 is 0 Å². The van der Waals surface area contributed by atoms with E-state index in [-0.39, 0.29) is 44.6 Å². The monoisotopic (exact) mass is 941 g/mol. The highest BCUT2D eigenvalue weighted by Gasteiger charge is 2.18. The average molecular weight is 942 g/mol. The molecular formula is C67H136. The Balaban J connectivity index is -0.000000226. The van der Waals surface area contributed by atoms with Gasteiger partial charge in [0.2, 0.25) is 0 Å². The lowest BCUT2D eigenvalue weighted by Crippen LogP contribution is -2.08. The molecule has 7 rings (SSSR count). The average Bonchev–Trinajstić information content (AvgIpc) is 3.99. The summed E-state index contributed by atoms with van der Waals surface area (Å²) in [5, 5.41) is 0. The van der Waals surface area contributed by atoms with Crippen LogP contribution in [0.2, 0.25) is 0 Å². The van der Waals surface area contributed by atoms with Gasteiger partial charge in [0.15, 0.2) is 0 Å². The van der Waals surface area contributed by atoms with Crippen molar-refractivity contribution in [2.24, 2.45) is 65.1 Å². The van der Waals surface area contributed by atoms with Gasteiger partial charge in [-0.3, -0.25) is 0 Å². The summed E-state index contributed by atoms with van der Waals surface area (Å²) in [6, 6.07) is 8.69. The summed E-state index contributed by atoms with van der Waals surface area (Å²) >= 11 is 0. The normalized spacial score (nSPS) is 18.4. The molecular weight excluding hydrogens is 805 g/mol. The van der Waals surface area contributed by atoms with E-state index in [0.29, 0.717) is 0 Å². The fraction of sp³-hybridized carbons (Fsp3) is 0.881. The predicted octanol–water partition coefficient (Wildman–Crippen LogP) is 24.8. The van der Waals surface area contributed by atoms with Crippen molar-refractivity contribution in [3.63, 3.8) is 0 Å². The van der Waals surface area contributed by atoms with E-state index in [1.54, 1.807) is 5.57 Å². The van der Waals surface area contributed by atoms with Crippen LogP contribution < -0.4 is 0 Å². The number of hydrogen-bond acceptors (Lipinski definition) is 0. The van der Waals surface area contributed by atoms with E-state index in [9.17, 15) is 0 Å². The third kappa shape index (κ3) is 40.3. The summed E-state index contributed by atoms with van der Waals surface area (Å²) in [6.45, 7) is 27.9. The lowest BCUT2D eigenvalue weighted by Gasteiger charge is -2.22. The van der Waals surface area contributed by atoms with Crippen LogP contribution in [-0.4, -0.2) is 0 Å². The minimum absolute atomic E-state index is 0. The molecule has 0 aromatic heterocycles. The van der Waals surface area contributed by atoms with E-state index in [0.717, 1.165) is 65.1 Å². The third-order valence-corrected chi connectivity index (χ3v) is 14.7. The van der Waals surface area contributed by atoms with Crippen LogP contribution in [0.4, 0.5) is 0 Å². The van der Waals surface area contributed by atoms with Gasteiger partial charge in [-0.1, -0.05) is 311 Å². The summed E-state index contributed by atoms with van der Waals surface area (Å²) in [5.74, 6) is 10.8. The zero-order chi connectivity index (χ0) is 44.8. The van der Waals surface area contributed by atoms with Crippen molar-refractivity contribution in [1.82, 2.24) is 0 Å². The number of fused-ring (bicyclic) bond motifs is 1. The first-order chi connectivity index (χ1) is 29.2. The van der Waals surface area contributed by atoms with Gasteiger partial charge in [0.1, 0.15) is 0 Å². The van der Waals surface area contributed by atoms with Crippen molar-refractivity contribution >= 4 is 6.08 Å². The van der Waals surface area contributed by atoms with Gasteiger partial charge in [-0.05, 0) is 121 Å². The van der Waals surface area contributed by atoms with Crippen LogP contribution in [0.5, 0.6) is 0 Å². The van der Waals surface area contributed by atoms with E-state index in [1.807, 2.05) is 0 Å². The highest BCUT2D eigenvalue weighted by atomic mass is 14.2. The molecule has 0 aliphatic heterocycles. The van der Waals surface area contributed by atoms with Gasteiger partial charge in [0.05, 0.1) is 0 Å². The summed E-state index contributed by atoms with van der Waals surface area (Å²) in [6.07, 6.45) is 46.7. The lowest BCUT2D eigenvalue weighted by molar-refractivity contribution is 0.305. The van der Waals surface area contributed by atoms with Crippen LogP contribution in [0.15, 0.2) is 29.8 Å². The van der Waals surface area contributed by atoms with E-state index in [4.69, 9.17) is 0 Å². The van der Waals surface area contributed by atoms with E-state index < -0.39 is 0 Å². The Labute approximate surface area is 430 Å². The Morgan fingerprint density at radius 1 is 0.328 bits per heavy atom. The number of allylic oxidation sites excluding steroid dienone is 1.